The van der Waals surface area contributed by atoms with Crippen LogP contribution in [0.3, 0.4) is 0 Å². The Kier molecular flexibility index (Phi) is 7.07. The van der Waals surface area contributed by atoms with Crippen LogP contribution in [-0.2, 0) is 4.79 Å². The lowest BCUT2D eigenvalue weighted by Gasteiger charge is -2.31. The number of rotatable bonds is 9. The number of carbonyl (C=O) groups excluding carboxylic acids is 2. The van der Waals surface area contributed by atoms with Crippen LogP contribution in [0.4, 0.5) is 0 Å². The molecule has 1 atom stereocenters. The Balaban J connectivity index is 1.67. The van der Waals surface area contributed by atoms with Crippen molar-refractivity contribution in [3.05, 3.63) is 76.2 Å². The third-order valence-corrected chi connectivity index (χ3v) is 6.81. The molecule has 1 unspecified atom stereocenters. The Bertz CT molecular complexity index is 1010. The normalized spacial score (nSPS) is 19.4. The maximum Gasteiger partial charge on any atom is 0.290 e. The van der Waals surface area contributed by atoms with Crippen molar-refractivity contribution in [1.29, 1.82) is 0 Å². The molecular weight excluding hydrogens is 424 g/mol. The fraction of sp³-hybridized carbons (Fsp3) is 0.360. The predicted molar refractivity (Wildman–Crippen MR) is 125 cm³/mol. The highest BCUT2D eigenvalue weighted by Gasteiger charge is 2.44. The Morgan fingerprint density at radius 3 is 2.72 bits per heavy atom. The second-order valence-electron chi connectivity index (χ2n) is 8.04. The zero-order valence-electron chi connectivity index (χ0n) is 18.0. The number of ketones is 1. The van der Waals surface area contributed by atoms with E-state index in [1.54, 1.807) is 23.1 Å². The number of Topliss-reactive ketones (excluding diaryl/α,β-unsaturated/α-hetero) is 1. The summed E-state index contributed by atoms with van der Waals surface area (Å²) >= 11 is 1.30. The molecule has 1 saturated heterocycles. The first-order valence-corrected chi connectivity index (χ1v) is 11.9. The molecule has 0 spiro atoms. The van der Waals surface area contributed by atoms with Crippen LogP contribution in [0.15, 0.2) is 65.8 Å². The van der Waals surface area contributed by atoms with Crippen molar-refractivity contribution in [3.8, 4) is 5.75 Å². The Morgan fingerprint density at radius 2 is 2.00 bits per heavy atom. The molecule has 32 heavy (non-hydrogen) atoms. The molecule has 2 aliphatic rings. The minimum absolute atomic E-state index is 0.136. The van der Waals surface area contributed by atoms with Gasteiger partial charge in [0, 0.05) is 13.1 Å². The second-order valence-corrected chi connectivity index (χ2v) is 8.99. The van der Waals surface area contributed by atoms with Gasteiger partial charge in [0.05, 0.1) is 16.5 Å². The summed E-state index contributed by atoms with van der Waals surface area (Å²) in [7, 11) is 0. The highest BCUT2D eigenvalue weighted by atomic mass is 32.1. The molecule has 2 aromatic rings. The zero-order chi connectivity index (χ0) is 22.5. The molecule has 1 aromatic heterocycles. The van der Waals surface area contributed by atoms with Gasteiger partial charge in [-0.1, -0.05) is 37.3 Å². The first-order valence-electron chi connectivity index (χ1n) is 11.0. The Morgan fingerprint density at radius 1 is 1.19 bits per heavy atom. The summed E-state index contributed by atoms with van der Waals surface area (Å²) in [6.45, 7) is 7.20. The number of thiophene rings is 1. The van der Waals surface area contributed by atoms with Crippen molar-refractivity contribution >= 4 is 23.0 Å². The summed E-state index contributed by atoms with van der Waals surface area (Å²) in [5.74, 6) is -0.636. The highest BCUT2D eigenvalue weighted by Crippen LogP contribution is 2.40. The fourth-order valence-electron chi connectivity index (χ4n) is 4.37. The number of amides is 1. The van der Waals surface area contributed by atoms with Crippen molar-refractivity contribution in [1.82, 2.24) is 9.80 Å². The van der Waals surface area contributed by atoms with Crippen molar-refractivity contribution in [2.45, 2.75) is 25.3 Å². The molecule has 1 fully saturated rings. The largest absolute Gasteiger partial charge is 0.503 e. The van der Waals surface area contributed by atoms with E-state index in [1.807, 2.05) is 29.6 Å². The molecule has 0 aliphatic carbocycles. The van der Waals surface area contributed by atoms with Crippen LogP contribution >= 0.6 is 11.3 Å². The van der Waals surface area contributed by atoms with Gasteiger partial charge in [0.25, 0.3) is 5.91 Å². The lowest BCUT2D eigenvalue weighted by Crippen LogP contribution is -2.40. The third kappa shape index (κ3) is 4.64. The molecule has 0 bridgehead atoms. The third-order valence-electron chi connectivity index (χ3n) is 5.94. The van der Waals surface area contributed by atoms with Gasteiger partial charge in [-0.25, -0.2) is 0 Å². The van der Waals surface area contributed by atoms with Gasteiger partial charge in [-0.15, -0.1) is 11.3 Å². The molecule has 3 heterocycles. The maximum absolute atomic E-state index is 13.3. The number of carbonyl (C=O) groups is 2. The van der Waals surface area contributed by atoms with Crippen LogP contribution in [0.25, 0.3) is 0 Å². The van der Waals surface area contributed by atoms with Gasteiger partial charge in [0.2, 0.25) is 5.78 Å². The van der Waals surface area contributed by atoms with Crippen LogP contribution in [0.5, 0.6) is 5.75 Å². The van der Waals surface area contributed by atoms with Gasteiger partial charge in [-0.3, -0.25) is 9.59 Å². The van der Waals surface area contributed by atoms with Gasteiger partial charge in [0.15, 0.2) is 5.76 Å². The summed E-state index contributed by atoms with van der Waals surface area (Å²) in [6, 6.07) is 10.2. The molecule has 0 radical (unpaired) electrons. The predicted octanol–water partition coefficient (Wildman–Crippen LogP) is 4.38. The molecule has 4 rings (SSSR count). The van der Waals surface area contributed by atoms with E-state index < -0.39 is 17.7 Å². The number of piperidine rings is 1. The second kappa shape index (κ2) is 10.1. The van der Waals surface area contributed by atoms with E-state index >= 15 is 0 Å². The van der Waals surface area contributed by atoms with Crippen LogP contribution < -0.4 is 4.74 Å². The van der Waals surface area contributed by atoms with E-state index in [2.05, 4.69) is 11.5 Å². The summed E-state index contributed by atoms with van der Waals surface area (Å²) in [4.78, 5) is 30.9. The zero-order valence-corrected chi connectivity index (χ0v) is 18.9. The minimum atomic E-state index is -0.658. The molecule has 168 valence electrons. The van der Waals surface area contributed by atoms with Gasteiger partial charge >= 0.3 is 0 Å². The average Bonchev–Trinajstić information content (AvgIpc) is 3.44. The number of hydrogen-bond acceptors (Lipinski definition) is 6. The molecule has 2 aliphatic heterocycles. The number of hydrogen-bond donors (Lipinski definition) is 1. The summed E-state index contributed by atoms with van der Waals surface area (Å²) < 4.78 is 5.68. The van der Waals surface area contributed by atoms with Gasteiger partial charge in [0.1, 0.15) is 12.4 Å². The van der Waals surface area contributed by atoms with Crippen molar-refractivity contribution in [2.75, 3.05) is 32.8 Å². The van der Waals surface area contributed by atoms with E-state index in [9.17, 15) is 14.7 Å². The van der Waals surface area contributed by atoms with Crippen LogP contribution in [-0.4, -0.2) is 59.4 Å². The smallest absolute Gasteiger partial charge is 0.290 e. The topological polar surface area (TPSA) is 70.1 Å². The average molecular weight is 453 g/mol. The van der Waals surface area contributed by atoms with Crippen LogP contribution in [0, 0.1) is 0 Å². The van der Waals surface area contributed by atoms with Crippen molar-refractivity contribution < 1.29 is 19.4 Å². The number of nitrogens with zero attached hydrogens (tertiary/aromatic N) is 2. The number of benzene rings is 1. The first kappa shape index (κ1) is 22.3. The number of aliphatic hydroxyl groups excluding tert-OH is 1. The van der Waals surface area contributed by atoms with E-state index in [0.717, 1.165) is 31.5 Å². The maximum atomic E-state index is 13.3. The fourth-order valence-corrected chi connectivity index (χ4v) is 5.04. The molecule has 6 nitrogen and oxygen atoms in total. The number of likely N-dealkylation sites (tertiary alicyclic amines) is 1. The lowest BCUT2D eigenvalue weighted by molar-refractivity contribution is -0.129. The highest BCUT2D eigenvalue weighted by molar-refractivity contribution is 7.12. The number of ether oxygens (including phenoxy) is 1. The van der Waals surface area contributed by atoms with Crippen molar-refractivity contribution in [2.24, 2.45) is 0 Å². The van der Waals surface area contributed by atoms with E-state index in [-0.39, 0.29) is 11.4 Å². The lowest BCUT2D eigenvalue weighted by atomic mass is 9.95. The van der Waals surface area contributed by atoms with E-state index in [4.69, 9.17) is 4.74 Å². The molecule has 1 aromatic carbocycles. The summed E-state index contributed by atoms with van der Waals surface area (Å²) in [5, 5.41) is 12.6. The molecule has 0 saturated carbocycles. The quantitative estimate of drug-likeness (QED) is 0.452. The molecule has 7 heteroatoms. The molecule has 1 amide bonds. The van der Waals surface area contributed by atoms with Crippen molar-refractivity contribution in [3.63, 3.8) is 0 Å². The van der Waals surface area contributed by atoms with Crippen LogP contribution in [0.2, 0.25) is 0 Å². The number of aliphatic hydroxyl groups is 1. The monoisotopic (exact) mass is 452 g/mol. The Labute approximate surface area is 192 Å². The van der Waals surface area contributed by atoms with E-state index in [0.29, 0.717) is 30.3 Å². The summed E-state index contributed by atoms with van der Waals surface area (Å²) in [5.41, 5.74) is 0.875. The van der Waals surface area contributed by atoms with Crippen LogP contribution in [0.1, 0.15) is 40.5 Å². The molecular formula is C25H28N2O4S. The van der Waals surface area contributed by atoms with Gasteiger partial charge in [-0.2, -0.15) is 0 Å². The molecule has 1 N–H and O–H groups in total. The van der Waals surface area contributed by atoms with Gasteiger partial charge in [-0.05, 0) is 55.1 Å². The standard InChI is InChI=1S/C25H28N2O4S/c1-2-15-31-19-9-6-8-18(17-19)22-21(23(28)20-10-7-16-32-20)24(29)25(30)27(22)14-13-26-11-4-3-5-12-26/h2,6-10,16-17,22,29H,1,3-5,11-15H2. The van der Waals surface area contributed by atoms with Gasteiger partial charge < -0.3 is 19.6 Å². The SMILES string of the molecule is C=CCOc1cccc(C2C(C(=O)c3cccs3)=C(O)C(=O)N2CCN2CCCCC2)c1. The van der Waals surface area contributed by atoms with E-state index in [1.165, 1.54) is 17.8 Å². The minimum Gasteiger partial charge on any atom is -0.503 e. The summed E-state index contributed by atoms with van der Waals surface area (Å²) in [6.07, 6.45) is 5.21. The first-order chi connectivity index (χ1) is 15.6. The Hall–Kier alpha value is -2.90.